The average molecular weight is 677 g/mol. The summed E-state index contributed by atoms with van der Waals surface area (Å²) in [6, 6.07) is 9.72. The van der Waals surface area contributed by atoms with Gasteiger partial charge in [-0.3, -0.25) is 28.8 Å². The molecule has 0 atom stereocenters. The van der Waals surface area contributed by atoms with E-state index in [9.17, 15) is 33.9 Å². The van der Waals surface area contributed by atoms with E-state index in [2.05, 4.69) is 30.6 Å². The number of ether oxygens (including phenoxy) is 1. The van der Waals surface area contributed by atoms with Crippen molar-refractivity contribution < 1.29 is 29.0 Å². The lowest BCUT2D eigenvalue weighted by molar-refractivity contribution is -0.138. The van der Waals surface area contributed by atoms with Crippen LogP contribution in [0.15, 0.2) is 46.0 Å². The maximum Gasteiger partial charge on any atom is 0.258 e. The van der Waals surface area contributed by atoms with Crippen molar-refractivity contribution in [1.29, 1.82) is 0 Å². The van der Waals surface area contributed by atoms with Gasteiger partial charge in [-0.1, -0.05) is 26.0 Å². The van der Waals surface area contributed by atoms with E-state index in [0.717, 1.165) is 0 Å². The summed E-state index contributed by atoms with van der Waals surface area (Å²) >= 11 is 0. The molecule has 2 aromatic carbocycles. The Kier molecular flexibility index (Phi) is 12.4. The number of aromatic hydroxyl groups is 1. The Morgan fingerprint density at radius 2 is 1.22 bits per heavy atom. The predicted octanol–water partition coefficient (Wildman–Crippen LogP) is 0.369. The van der Waals surface area contributed by atoms with Crippen molar-refractivity contribution >= 4 is 45.4 Å². The molecule has 0 radical (unpaired) electrons. The lowest BCUT2D eigenvalue weighted by Gasteiger charge is -2.26. The van der Waals surface area contributed by atoms with Crippen LogP contribution in [-0.2, 0) is 32.0 Å². The molecule has 260 valence electrons. The number of carbonyl (C=O) groups excluding carboxylic acids is 4. The number of aromatic nitrogens is 4. The number of aryl methyl sites for hydroxylation is 2. The molecule has 2 fully saturated rings. The van der Waals surface area contributed by atoms with Crippen LogP contribution in [0.1, 0.15) is 38.3 Å². The highest BCUT2D eigenvalue weighted by molar-refractivity contribution is 5.87. The second-order valence-electron chi connectivity index (χ2n) is 10.9. The lowest BCUT2D eigenvalue weighted by atomic mass is 10.2. The number of rotatable bonds is 7. The Morgan fingerprint density at radius 3 is 1.71 bits per heavy atom. The van der Waals surface area contributed by atoms with Crippen molar-refractivity contribution in [2.45, 2.75) is 39.5 Å². The van der Waals surface area contributed by atoms with Gasteiger partial charge in [-0.15, -0.1) is 0 Å². The molecule has 16 nitrogen and oxygen atoms in total. The van der Waals surface area contributed by atoms with Gasteiger partial charge >= 0.3 is 0 Å². The number of carbonyl (C=O) groups is 4. The fourth-order valence-electron chi connectivity index (χ4n) is 5.25. The number of para-hydroxylation sites is 2. The van der Waals surface area contributed by atoms with Gasteiger partial charge in [-0.2, -0.15) is 0 Å². The maximum absolute atomic E-state index is 12.2. The largest absolute Gasteiger partial charge is 0.506 e. The highest BCUT2D eigenvalue weighted by Gasteiger charge is 2.22. The minimum atomic E-state index is -0.356. The van der Waals surface area contributed by atoms with E-state index in [4.69, 9.17) is 4.74 Å². The average Bonchev–Trinajstić information content (AvgIpc) is 3.11. The number of phenolic OH excluding ortho intramolecular Hbond substituents is 1. The summed E-state index contributed by atoms with van der Waals surface area (Å²) in [6.45, 7) is 6.03. The monoisotopic (exact) mass is 676 g/mol. The zero-order valence-electron chi connectivity index (χ0n) is 27.6. The number of methoxy groups -OCH3 is 1. The molecule has 2 aliphatic rings. The number of hydrogen-bond donors (Lipinski definition) is 5. The fraction of sp³-hybridized carbons (Fsp3) is 0.394. The van der Waals surface area contributed by atoms with Crippen molar-refractivity contribution in [2.75, 3.05) is 46.4 Å². The van der Waals surface area contributed by atoms with Crippen LogP contribution in [0.4, 0.5) is 0 Å². The minimum Gasteiger partial charge on any atom is -0.506 e. The lowest BCUT2D eigenvalue weighted by Crippen LogP contribution is -2.50. The zero-order chi connectivity index (χ0) is 35.5. The highest BCUT2D eigenvalue weighted by Crippen LogP contribution is 2.21. The molecule has 0 bridgehead atoms. The third-order valence-electron chi connectivity index (χ3n) is 7.67. The van der Waals surface area contributed by atoms with Gasteiger partial charge in [0.15, 0.2) is 0 Å². The molecule has 0 saturated carbocycles. The Bertz CT molecular complexity index is 1960. The van der Waals surface area contributed by atoms with E-state index in [1.165, 1.54) is 23.0 Å². The van der Waals surface area contributed by atoms with Gasteiger partial charge in [0.25, 0.3) is 11.1 Å². The number of fused-ring (bicyclic) bond motifs is 2. The fourth-order valence-corrected chi connectivity index (χ4v) is 5.25. The number of nitrogens with zero attached hydrogens (tertiary/aromatic N) is 4. The second-order valence-corrected chi connectivity index (χ2v) is 10.9. The summed E-state index contributed by atoms with van der Waals surface area (Å²) in [4.78, 5) is 88.0. The first kappa shape index (κ1) is 36.0. The first-order chi connectivity index (χ1) is 23.6. The smallest absolute Gasteiger partial charge is 0.258 e. The molecule has 2 saturated heterocycles. The van der Waals surface area contributed by atoms with Crippen LogP contribution >= 0.6 is 0 Å². The molecular formula is C33H40N8O8. The summed E-state index contributed by atoms with van der Waals surface area (Å²) in [5.41, 5.74) is 0.0731. The molecule has 0 unspecified atom stereocenters. The quantitative estimate of drug-likeness (QED) is 0.181. The van der Waals surface area contributed by atoms with E-state index in [-0.39, 0.29) is 78.4 Å². The maximum atomic E-state index is 12.2. The Morgan fingerprint density at radius 1 is 0.755 bits per heavy atom. The van der Waals surface area contributed by atoms with Crippen molar-refractivity contribution in [2.24, 2.45) is 0 Å². The van der Waals surface area contributed by atoms with Gasteiger partial charge < -0.3 is 40.2 Å². The van der Waals surface area contributed by atoms with Crippen molar-refractivity contribution in [3.05, 3.63) is 68.8 Å². The van der Waals surface area contributed by atoms with Gasteiger partial charge in [-0.05, 0) is 24.3 Å². The van der Waals surface area contributed by atoms with Crippen molar-refractivity contribution in [3.8, 4) is 11.5 Å². The number of amides is 4. The van der Waals surface area contributed by atoms with E-state index >= 15 is 0 Å². The molecule has 4 heterocycles. The summed E-state index contributed by atoms with van der Waals surface area (Å²) in [6.07, 6.45) is 0.836. The molecule has 6 rings (SSSR count). The summed E-state index contributed by atoms with van der Waals surface area (Å²) in [7, 11) is 1.52. The van der Waals surface area contributed by atoms with Crippen LogP contribution in [0.25, 0.3) is 21.8 Å². The number of nitrogens with one attached hydrogen (secondary N) is 4. The zero-order valence-corrected chi connectivity index (χ0v) is 27.6. The summed E-state index contributed by atoms with van der Waals surface area (Å²) < 4.78 is 5.24. The number of phenols is 1. The van der Waals surface area contributed by atoms with Crippen LogP contribution < -0.4 is 26.5 Å². The normalized spacial score (nSPS) is 14.2. The van der Waals surface area contributed by atoms with E-state index in [1.54, 1.807) is 30.3 Å². The number of piperazine rings is 2. The molecule has 2 aliphatic heterocycles. The first-order valence-electron chi connectivity index (χ1n) is 16.0. The van der Waals surface area contributed by atoms with Crippen molar-refractivity contribution in [1.82, 2.24) is 40.4 Å². The molecule has 16 heteroatoms. The van der Waals surface area contributed by atoms with Gasteiger partial charge in [-0.25, -0.2) is 9.97 Å². The van der Waals surface area contributed by atoms with Crippen LogP contribution in [0.2, 0.25) is 0 Å². The Labute approximate surface area is 280 Å². The number of benzene rings is 2. The third kappa shape index (κ3) is 9.18. The van der Waals surface area contributed by atoms with Gasteiger partial charge in [0.05, 0.1) is 31.0 Å². The summed E-state index contributed by atoms with van der Waals surface area (Å²) in [5, 5.41) is 15.9. The molecule has 2 aromatic heterocycles. The first-order valence-corrected chi connectivity index (χ1v) is 16.0. The molecule has 5 N–H and O–H groups in total. The van der Waals surface area contributed by atoms with Crippen LogP contribution in [0.3, 0.4) is 0 Å². The Balaban J connectivity index is 0.000000210. The van der Waals surface area contributed by atoms with Gasteiger partial charge in [0.2, 0.25) is 23.6 Å². The van der Waals surface area contributed by atoms with E-state index < -0.39 is 0 Å². The second kappa shape index (κ2) is 16.9. The minimum absolute atomic E-state index is 0.0568. The predicted molar refractivity (Wildman–Crippen MR) is 180 cm³/mol. The topological polar surface area (TPSA) is 220 Å². The number of H-pyrrole nitrogens is 2. The molecular weight excluding hydrogens is 636 g/mol. The summed E-state index contributed by atoms with van der Waals surface area (Å²) in [5.74, 6) is 0.564. The molecule has 0 spiro atoms. The number of aromatic amines is 2. The van der Waals surface area contributed by atoms with Crippen LogP contribution in [-0.4, -0.2) is 105 Å². The standard InChI is InChI=1S/C16H18N4O4.C15H16N4O4.C2H6/c1-24-11-4-2-3-10-15(11)18-12(19-16(10)23)5-6-14(22)20-8-7-17-13(21)9-20;20-10-3-1-2-9-14(10)17-11(18-15(9)23)4-5-13(22)19-7-6-16-12(21)8-19;1-2/h2-4H,5-9H2,1H3,(H,17,21)(H,18,19,23);1-3,20H,4-8H2,(H,16,21)(H,17,18,23);1-2H3. The molecule has 4 aromatic rings. The SMILES string of the molecule is CC.COc1cccc2c(=O)[nH]c(CCC(=O)N3CCNC(=O)C3)nc12.O=C1CN(C(=O)CCc2nc3c(O)cccc3c(=O)[nH]2)CCN1. The van der Waals surface area contributed by atoms with Gasteiger partial charge in [0.1, 0.15) is 34.2 Å². The molecule has 4 amide bonds. The molecule has 49 heavy (non-hydrogen) atoms. The van der Waals surface area contributed by atoms with E-state index in [0.29, 0.717) is 66.3 Å². The van der Waals surface area contributed by atoms with E-state index in [1.807, 2.05) is 13.8 Å². The Hall–Kier alpha value is -5.80. The van der Waals surface area contributed by atoms with Crippen LogP contribution in [0, 0.1) is 0 Å². The number of hydrogen-bond acceptors (Lipinski definition) is 10. The van der Waals surface area contributed by atoms with Gasteiger partial charge in [0, 0.05) is 51.9 Å². The highest BCUT2D eigenvalue weighted by atomic mass is 16.5. The molecule has 0 aliphatic carbocycles. The third-order valence-corrected chi connectivity index (χ3v) is 7.67. The van der Waals surface area contributed by atoms with Crippen molar-refractivity contribution in [3.63, 3.8) is 0 Å². The van der Waals surface area contributed by atoms with Crippen LogP contribution in [0.5, 0.6) is 11.5 Å².